The largest absolute Gasteiger partial charge is 0.493 e. The summed E-state index contributed by atoms with van der Waals surface area (Å²) >= 11 is 0. The van der Waals surface area contributed by atoms with E-state index in [0.29, 0.717) is 25.1 Å². The van der Waals surface area contributed by atoms with Crippen LogP contribution in [0, 0.1) is 0 Å². The van der Waals surface area contributed by atoms with Crippen molar-refractivity contribution in [2.24, 2.45) is 5.73 Å². The van der Waals surface area contributed by atoms with Gasteiger partial charge in [-0.25, -0.2) is 9.07 Å². The molecule has 2 aliphatic rings. The van der Waals surface area contributed by atoms with E-state index in [4.69, 9.17) is 10.5 Å². The Morgan fingerprint density at radius 3 is 2.87 bits per heavy atom. The minimum atomic E-state index is -1.39. The normalized spacial score (nSPS) is 22.2. The molecule has 2 aromatic rings. The second kappa shape index (κ2) is 8.31. The van der Waals surface area contributed by atoms with Gasteiger partial charge in [0.05, 0.1) is 18.3 Å². The van der Waals surface area contributed by atoms with Crippen LogP contribution < -0.4 is 10.5 Å². The third-order valence-corrected chi connectivity index (χ3v) is 5.92. The van der Waals surface area contributed by atoms with Crippen LogP contribution in [0.4, 0.5) is 4.39 Å². The van der Waals surface area contributed by atoms with Crippen LogP contribution in [0.3, 0.4) is 0 Å². The van der Waals surface area contributed by atoms with Crippen molar-refractivity contribution in [2.45, 2.75) is 56.9 Å². The molecule has 9 heteroatoms. The number of nitrogens with zero attached hydrogens (tertiary/aromatic N) is 4. The number of rotatable bonds is 6. The number of aliphatic carboxylic acids is 1. The van der Waals surface area contributed by atoms with Gasteiger partial charge in [-0.2, -0.15) is 0 Å². The van der Waals surface area contributed by atoms with Crippen molar-refractivity contribution in [1.82, 2.24) is 19.9 Å². The van der Waals surface area contributed by atoms with Gasteiger partial charge in [0.15, 0.2) is 0 Å². The lowest BCUT2D eigenvalue weighted by Crippen LogP contribution is -2.46. The van der Waals surface area contributed by atoms with Gasteiger partial charge in [-0.05, 0) is 31.4 Å². The molecule has 0 unspecified atom stereocenters. The number of benzene rings is 1. The maximum Gasteiger partial charge on any atom is 0.323 e. The number of hydrogen-bond acceptors (Lipinski definition) is 6. The second-order valence-corrected chi connectivity index (χ2v) is 8.57. The summed E-state index contributed by atoms with van der Waals surface area (Å²) in [5, 5.41) is 17.6. The quantitative estimate of drug-likeness (QED) is 0.740. The second-order valence-electron chi connectivity index (χ2n) is 8.57. The highest BCUT2D eigenvalue weighted by atomic mass is 19.1. The highest BCUT2D eigenvalue weighted by Crippen LogP contribution is 2.35. The van der Waals surface area contributed by atoms with Crippen LogP contribution in [0.15, 0.2) is 24.4 Å². The summed E-state index contributed by atoms with van der Waals surface area (Å²) in [5.74, 6) is -0.243. The molecule has 2 atom stereocenters. The molecule has 0 radical (unpaired) electrons. The lowest BCUT2D eigenvalue weighted by molar-refractivity contribution is -0.142. The van der Waals surface area contributed by atoms with Gasteiger partial charge in [0, 0.05) is 44.2 Å². The van der Waals surface area contributed by atoms with E-state index in [0.717, 1.165) is 42.9 Å². The average Bonchev–Trinajstić information content (AvgIpc) is 3.16. The Hall–Kier alpha value is -2.52. The van der Waals surface area contributed by atoms with Crippen molar-refractivity contribution in [3.8, 4) is 5.75 Å². The van der Waals surface area contributed by atoms with Gasteiger partial charge in [-0.1, -0.05) is 17.3 Å². The number of ether oxygens (including phenoxy) is 1. The molecule has 0 aliphatic carbocycles. The number of alkyl halides is 1. The SMILES string of the molecule is C[C@@](N)(Cc1cn([C@@H]2CCOc3cc(CN4CCC(F)CC4)ccc32)nn1)C(=O)O. The first kappa shape index (κ1) is 20.7. The van der Waals surface area contributed by atoms with Crippen LogP contribution in [0.1, 0.15) is 49.0 Å². The Labute approximate surface area is 174 Å². The third kappa shape index (κ3) is 4.46. The molecule has 0 saturated carbocycles. The number of piperidine rings is 1. The zero-order chi connectivity index (χ0) is 21.3. The molecular weight excluding hydrogens is 389 g/mol. The van der Waals surface area contributed by atoms with Crippen molar-refractivity contribution in [3.63, 3.8) is 0 Å². The monoisotopic (exact) mass is 417 g/mol. The van der Waals surface area contributed by atoms with E-state index in [9.17, 15) is 14.3 Å². The zero-order valence-electron chi connectivity index (χ0n) is 17.1. The number of carboxylic acids is 1. The lowest BCUT2D eigenvalue weighted by atomic mass is 9.97. The first-order valence-corrected chi connectivity index (χ1v) is 10.4. The predicted octanol–water partition coefficient (Wildman–Crippen LogP) is 1.93. The average molecular weight is 417 g/mol. The minimum absolute atomic E-state index is 0.0276. The minimum Gasteiger partial charge on any atom is -0.493 e. The summed E-state index contributed by atoms with van der Waals surface area (Å²) in [7, 11) is 0. The maximum atomic E-state index is 13.4. The number of likely N-dealkylation sites (tertiary alicyclic amines) is 1. The number of aromatic nitrogens is 3. The van der Waals surface area contributed by atoms with Gasteiger partial charge >= 0.3 is 5.97 Å². The predicted molar refractivity (Wildman–Crippen MR) is 108 cm³/mol. The fraction of sp³-hybridized carbons (Fsp3) is 0.571. The van der Waals surface area contributed by atoms with Crippen LogP contribution in [0.25, 0.3) is 0 Å². The van der Waals surface area contributed by atoms with Crippen LogP contribution in [-0.2, 0) is 17.8 Å². The third-order valence-electron chi connectivity index (χ3n) is 5.92. The Kier molecular flexibility index (Phi) is 5.75. The number of halogens is 1. The first-order chi connectivity index (χ1) is 14.3. The molecule has 4 rings (SSSR count). The summed E-state index contributed by atoms with van der Waals surface area (Å²) in [5.41, 5.74) is 7.16. The fourth-order valence-corrected chi connectivity index (χ4v) is 4.10. The van der Waals surface area contributed by atoms with Crippen molar-refractivity contribution >= 4 is 5.97 Å². The molecule has 0 bridgehead atoms. The van der Waals surface area contributed by atoms with Gasteiger partial charge < -0.3 is 15.6 Å². The van der Waals surface area contributed by atoms with Crippen molar-refractivity contribution in [1.29, 1.82) is 0 Å². The Morgan fingerprint density at radius 2 is 2.13 bits per heavy atom. The van der Waals surface area contributed by atoms with Gasteiger partial charge in [-0.15, -0.1) is 5.10 Å². The van der Waals surface area contributed by atoms with Crippen molar-refractivity contribution in [2.75, 3.05) is 19.7 Å². The van der Waals surface area contributed by atoms with Gasteiger partial charge in [0.1, 0.15) is 17.5 Å². The van der Waals surface area contributed by atoms with E-state index < -0.39 is 17.7 Å². The zero-order valence-corrected chi connectivity index (χ0v) is 17.1. The number of carbonyl (C=O) groups is 1. The Morgan fingerprint density at radius 1 is 1.37 bits per heavy atom. The first-order valence-electron chi connectivity index (χ1n) is 10.4. The van der Waals surface area contributed by atoms with Gasteiger partial charge in [0.2, 0.25) is 0 Å². The summed E-state index contributed by atoms with van der Waals surface area (Å²) in [6.07, 6.45) is 3.14. The lowest BCUT2D eigenvalue weighted by Gasteiger charge is -2.30. The Bertz CT molecular complexity index is 908. The number of carboxylic acid groups (broad SMARTS) is 1. The molecule has 1 aromatic heterocycles. The number of hydrogen-bond donors (Lipinski definition) is 2. The molecule has 162 valence electrons. The number of nitrogens with two attached hydrogens (primary N) is 1. The van der Waals surface area contributed by atoms with Gasteiger partial charge in [-0.3, -0.25) is 9.69 Å². The molecule has 1 saturated heterocycles. The topological polar surface area (TPSA) is 107 Å². The summed E-state index contributed by atoms with van der Waals surface area (Å²) in [6, 6.07) is 6.17. The van der Waals surface area contributed by atoms with Gasteiger partial charge in [0.25, 0.3) is 0 Å². The number of fused-ring (bicyclic) bond motifs is 1. The van der Waals surface area contributed by atoms with Crippen LogP contribution in [0.2, 0.25) is 0 Å². The van der Waals surface area contributed by atoms with Crippen LogP contribution in [-0.4, -0.2) is 62.4 Å². The molecule has 30 heavy (non-hydrogen) atoms. The highest BCUT2D eigenvalue weighted by Gasteiger charge is 2.31. The Balaban J connectivity index is 1.48. The van der Waals surface area contributed by atoms with Crippen LogP contribution >= 0.6 is 0 Å². The maximum absolute atomic E-state index is 13.4. The molecular formula is C21H28FN5O3. The molecule has 0 amide bonds. The summed E-state index contributed by atoms with van der Waals surface area (Å²) < 4.78 is 21.0. The van der Waals surface area contributed by atoms with E-state index >= 15 is 0 Å². The van der Waals surface area contributed by atoms with E-state index in [-0.39, 0.29) is 12.5 Å². The van der Waals surface area contributed by atoms with E-state index in [1.54, 1.807) is 10.9 Å². The molecule has 3 heterocycles. The van der Waals surface area contributed by atoms with Crippen molar-refractivity contribution in [3.05, 3.63) is 41.2 Å². The standard InChI is InChI=1S/C21H28FN5O3/c1-21(23,20(28)29)11-16-13-27(25-24-16)18-6-9-30-19-10-14(2-3-17(18)19)12-26-7-4-15(22)5-8-26/h2-3,10,13,15,18H,4-9,11-12,23H2,1H3,(H,28,29)/t18-,21-/m1/s1. The fourth-order valence-electron chi connectivity index (χ4n) is 4.10. The summed E-state index contributed by atoms with van der Waals surface area (Å²) in [6.45, 7) is 4.37. The van der Waals surface area contributed by atoms with E-state index in [1.807, 2.05) is 0 Å². The molecule has 0 spiro atoms. The highest BCUT2D eigenvalue weighted by molar-refractivity contribution is 5.78. The molecule has 3 N–H and O–H groups in total. The van der Waals surface area contributed by atoms with E-state index in [1.165, 1.54) is 6.92 Å². The molecule has 8 nitrogen and oxygen atoms in total. The smallest absolute Gasteiger partial charge is 0.323 e. The molecule has 1 aromatic carbocycles. The molecule has 1 fully saturated rings. The van der Waals surface area contributed by atoms with Crippen molar-refractivity contribution < 1.29 is 19.0 Å². The summed E-state index contributed by atoms with van der Waals surface area (Å²) in [4.78, 5) is 13.5. The van der Waals surface area contributed by atoms with E-state index in [2.05, 4.69) is 33.4 Å². The van der Waals surface area contributed by atoms with Crippen LogP contribution in [0.5, 0.6) is 5.75 Å². The molecule has 2 aliphatic heterocycles.